The predicted octanol–water partition coefficient (Wildman–Crippen LogP) is 3.58. The molecule has 37 heavy (non-hydrogen) atoms. The van der Waals surface area contributed by atoms with Gasteiger partial charge in [-0.2, -0.15) is 5.10 Å². The fraction of sp³-hybridized carbons (Fsp3) is 0.600. The molecule has 2 saturated carbocycles. The molecule has 5 rings (SSSR count). The highest BCUT2D eigenvalue weighted by Crippen LogP contribution is 2.40. The van der Waals surface area contributed by atoms with Crippen molar-refractivity contribution in [1.82, 2.24) is 9.78 Å². The average Bonchev–Trinajstić information content (AvgIpc) is 3.73. The molecule has 0 radical (unpaired) electrons. The highest BCUT2D eigenvalue weighted by molar-refractivity contribution is 7.92. The summed E-state index contributed by atoms with van der Waals surface area (Å²) in [5, 5.41) is 6.69. The Morgan fingerprint density at radius 2 is 1.81 bits per heavy atom. The van der Waals surface area contributed by atoms with Crippen LogP contribution in [0.2, 0.25) is 5.02 Å². The van der Waals surface area contributed by atoms with Crippen LogP contribution in [0.4, 0.5) is 15.8 Å². The third kappa shape index (κ3) is 5.88. The zero-order chi connectivity index (χ0) is 26.0. The van der Waals surface area contributed by atoms with Crippen LogP contribution in [0.1, 0.15) is 44.6 Å². The maximum Gasteiger partial charge on any atom is 0.287 e. The first-order valence-electron chi connectivity index (χ1n) is 12.7. The van der Waals surface area contributed by atoms with E-state index in [4.69, 9.17) is 21.1 Å². The molecule has 9 nitrogen and oxygen atoms in total. The molecule has 1 aliphatic heterocycles. The lowest BCUT2D eigenvalue weighted by Crippen LogP contribution is -2.42. The van der Waals surface area contributed by atoms with Crippen molar-refractivity contribution in [2.45, 2.75) is 61.9 Å². The lowest BCUT2D eigenvalue weighted by Gasteiger charge is -2.39. The Morgan fingerprint density at radius 1 is 1.14 bits per heavy atom. The van der Waals surface area contributed by atoms with E-state index in [1.54, 1.807) is 12.1 Å². The van der Waals surface area contributed by atoms with Crippen molar-refractivity contribution in [3.63, 3.8) is 0 Å². The van der Waals surface area contributed by atoms with Gasteiger partial charge in [-0.25, -0.2) is 17.5 Å². The van der Waals surface area contributed by atoms with Gasteiger partial charge in [-0.05, 0) is 62.8 Å². The van der Waals surface area contributed by atoms with Crippen molar-refractivity contribution in [2.24, 2.45) is 0 Å². The maximum absolute atomic E-state index is 13.0. The molecule has 1 aromatic carbocycles. The molecule has 1 N–H and O–H groups in total. The van der Waals surface area contributed by atoms with Gasteiger partial charge in [0, 0.05) is 24.3 Å². The first kappa shape index (κ1) is 26.2. The molecule has 2 aliphatic carbocycles. The maximum atomic E-state index is 13.0. The van der Waals surface area contributed by atoms with E-state index in [2.05, 4.69) is 15.3 Å². The molecule has 1 atom stereocenters. The molecular formula is C25H32ClFN4O5S. The topological polar surface area (TPSA) is 103 Å². The normalized spacial score (nSPS) is 25.4. The summed E-state index contributed by atoms with van der Waals surface area (Å²) in [5.74, 6) is 0.506. The number of halogens is 2. The van der Waals surface area contributed by atoms with E-state index >= 15 is 0 Å². The fourth-order valence-corrected chi connectivity index (χ4v) is 6.86. The molecule has 3 aliphatic rings. The van der Waals surface area contributed by atoms with Gasteiger partial charge in [0.15, 0.2) is 9.84 Å². The Kier molecular flexibility index (Phi) is 7.92. The number of nitrogens with one attached hydrogen (secondary N) is 1. The van der Waals surface area contributed by atoms with Crippen LogP contribution in [-0.2, 0) is 14.6 Å². The highest BCUT2D eigenvalue weighted by atomic mass is 35.5. The third-order valence-corrected chi connectivity index (χ3v) is 9.91. The number of sulfone groups is 1. The molecule has 1 saturated heterocycles. The average molecular weight is 555 g/mol. The number of nitrogens with zero attached hydrogens (tertiary/aromatic N) is 3. The summed E-state index contributed by atoms with van der Waals surface area (Å²) < 4.78 is 48.6. The van der Waals surface area contributed by atoms with Gasteiger partial charge in [0.25, 0.3) is 5.56 Å². The summed E-state index contributed by atoms with van der Waals surface area (Å²) in [6.07, 6.45) is 7.23. The number of hydrogen-bond acceptors (Lipinski definition) is 8. The summed E-state index contributed by atoms with van der Waals surface area (Å²) in [6.45, 7) is -0.411. The lowest BCUT2D eigenvalue weighted by atomic mass is 9.89. The molecule has 202 valence electrons. The van der Waals surface area contributed by atoms with Crippen LogP contribution in [0.3, 0.4) is 0 Å². The lowest BCUT2D eigenvalue weighted by molar-refractivity contribution is 0.140. The number of benzene rings is 1. The highest BCUT2D eigenvalue weighted by Gasteiger charge is 2.37. The molecule has 2 aromatic rings. The Bertz CT molecular complexity index is 1250. The van der Waals surface area contributed by atoms with Gasteiger partial charge in [0.05, 0.1) is 36.9 Å². The molecule has 2 heterocycles. The number of hydrogen-bond donors (Lipinski definition) is 1. The minimum Gasteiger partial charge on any atom is -0.463 e. The van der Waals surface area contributed by atoms with Crippen molar-refractivity contribution < 1.29 is 22.3 Å². The Morgan fingerprint density at radius 3 is 2.43 bits per heavy atom. The van der Waals surface area contributed by atoms with Gasteiger partial charge < -0.3 is 19.7 Å². The summed E-state index contributed by atoms with van der Waals surface area (Å²) in [7, 11) is -3.24. The molecule has 0 amide bonds. The standard InChI is InChI=1S/C25H32ClFN4O5S/c26-24-23(28-13-22-15-35-11-12-37(22,33)34)14-29-31(25(24)32)20-5-3-18(4-6-20)30(17-1-2-17)19-7-9-21(10-8-19)36-16-27/h7-10,14,17-18,20,22,28H,1-6,11-13,15-16H2. The number of alkyl halides is 1. The summed E-state index contributed by atoms with van der Waals surface area (Å²) in [5.41, 5.74) is 1.06. The van der Waals surface area contributed by atoms with Crippen molar-refractivity contribution in [3.8, 4) is 5.75 Å². The minimum atomic E-state index is -3.24. The monoisotopic (exact) mass is 554 g/mol. The molecule has 3 fully saturated rings. The van der Waals surface area contributed by atoms with Crippen LogP contribution in [0.15, 0.2) is 35.3 Å². The third-order valence-electron chi connectivity index (χ3n) is 7.49. The zero-order valence-corrected chi connectivity index (χ0v) is 22.1. The van der Waals surface area contributed by atoms with E-state index in [0.29, 0.717) is 23.5 Å². The van der Waals surface area contributed by atoms with Crippen molar-refractivity contribution >= 4 is 32.8 Å². The molecule has 0 bridgehead atoms. The number of aromatic nitrogens is 2. The van der Waals surface area contributed by atoms with Crippen LogP contribution in [0, 0.1) is 0 Å². The molecule has 1 unspecified atom stereocenters. The Balaban J connectivity index is 1.22. The smallest absolute Gasteiger partial charge is 0.287 e. The number of rotatable bonds is 9. The van der Waals surface area contributed by atoms with E-state index in [-0.39, 0.29) is 42.1 Å². The van der Waals surface area contributed by atoms with Crippen LogP contribution in [0.25, 0.3) is 0 Å². The van der Waals surface area contributed by atoms with Gasteiger partial charge in [0.1, 0.15) is 16.0 Å². The SMILES string of the molecule is O=c1c(Cl)c(NCC2COCCS2(=O)=O)cnn1C1CCC(N(c2ccc(OCF)cc2)C2CC2)CC1. The second kappa shape index (κ2) is 11.2. The van der Waals surface area contributed by atoms with Gasteiger partial charge in [-0.3, -0.25) is 4.79 Å². The van der Waals surface area contributed by atoms with Crippen molar-refractivity contribution in [1.29, 1.82) is 0 Å². The minimum absolute atomic E-state index is 0.00730. The Labute approximate surface area is 220 Å². The van der Waals surface area contributed by atoms with Crippen LogP contribution >= 0.6 is 11.6 Å². The van der Waals surface area contributed by atoms with Crippen molar-refractivity contribution in [3.05, 3.63) is 45.8 Å². The van der Waals surface area contributed by atoms with Crippen LogP contribution < -0.4 is 20.5 Å². The van der Waals surface area contributed by atoms with E-state index in [1.807, 2.05) is 12.1 Å². The van der Waals surface area contributed by atoms with E-state index in [1.165, 1.54) is 10.9 Å². The number of anilines is 2. The van der Waals surface area contributed by atoms with E-state index < -0.39 is 21.9 Å². The zero-order valence-electron chi connectivity index (χ0n) is 20.5. The quantitative estimate of drug-likeness (QED) is 0.502. The van der Waals surface area contributed by atoms with Gasteiger partial charge in [0.2, 0.25) is 6.86 Å². The molecule has 1 aromatic heterocycles. The summed E-state index contributed by atoms with van der Waals surface area (Å²) in [4.78, 5) is 15.5. The second-order valence-corrected chi connectivity index (χ2v) is 12.7. The largest absolute Gasteiger partial charge is 0.463 e. The van der Waals surface area contributed by atoms with E-state index in [9.17, 15) is 17.6 Å². The summed E-state index contributed by atoms with van der Waals surface area (Å²) in [6, 6.07) is 8.37. The number of ether oxygens (including phenoxy) is 2. The first-order valence-corrected chi connectivity index (χ1v) is 14.8. The van der Waals surface area contributed by atoms with Crippen LogP contribution in [-0.4, -0.2) is 67.9 Å². The fourth-order valence-electron chi connectivity index (χ4n) is 5.33. The van der Waals surface area contributed by atoms with Gasteiger partial charge in [-0.1, -0.05) is 11.6 Å². The van der Waals surface area contributed by atoms with E-state index in [0.717, 1.165) is 44.2 Å². The first-order chi connectivity index (χ1) is 17.9. The molecule has 0 spiro atoms. The summed E-state index contributed by atoms with van der Waals surface area (Å²) >= 11 is 6.39. The van der Waals surface area contributed by atoms with Gasteiger partial charge in [-0.15, -0.1) is 0 Å². The Hall–Kier alpha value is -2.37. The van der Waals surface area contributed by atoms with Crippen LogP contribution in [0.5, 0.6) is 5.75 Å². The second-order valence-electron chi connectivity index (χ2n) is 9.91. The van der Waals surface area contributed by atoms with Gasteiger partial charge >= 0.3 is 0 Å². The molecular weight excluding hydrogens is 523 g/mol. The molecule has 12 heteroatoms. The predicted molar refractivity (Wildman–Crippen MR) is 140 cm³/mol. The van der Waals surface area contributed by atoms with Crippen molar-refractivity contribution in [2.75, 3.05) is 42.6 Å².